The van der Waals surface area contributed by atoms with Crippen molar-refractivity contribution in [2.24, 2.45) is 0 Å². The number of nitrogens with one attached hydrogen (secondary N) is 1. The van der Waals surface area contributed by atoms with Gasteiger partial charge in [0, 0.05) is 0 Å². The van der Waals surface area contributed by atoms with E-state index < -0.39 is 0 Å². The van der Waals surface area contributed by atoms with Crippen molar-refractivity contribution in [3.63, 3.8) is 0 Å². The van der Waals surface area contributed by atoms with Gasteiger partial charge in [0.05, 0.1) is 13.2 Å². The topological polar surface area (TPSA) is 43.6 Å². The Bertz CT molecular complexity index is 508. The fraction of sp³-hybridized carbons (Fsp3) is 0.375. The maximum atomic E-state index is 5.69. The van der Waals surface area contributed by atoms with Gasteiger partial charge in [0.2, 0.25) is 0 Å². The number of hydrogen-bond donors (Lipinski definition) is 1. The highest BCUT2D eigenvalue weighted by Crippen LogP contribution is 2.15. The number of ether oxygens (including phenoxy) is 2. The molecule has 4 nitrogen and oxygen atoms in total. The third-order valence-corrected chi connectivity index (χ3v) is 2.89. The molecule has 1 N–H and O–H groups in total. The molecule has 0 fully saturated rings. The van der Waals surface area contributed by atoms with E-state index >= 15 is 0 Å². The molecular formula is C16H21NO3. The fourth-order valence-electron chi connectivity index (χ4n) is 1.91. The molecule has 1 aromatic carbocycles. The van der Waals surface area contributed by atoms with Crippen LogP contribution in [0.3, 0.4) is 0 Å². The Kier molecular flexibility index (Phi) is 5.65. The van der Waals surface area contributed by atoms with Gasteiger partial charge >= 0.3 is 0 Å². The molecule has 0 aliphatic carbocycles. The average Bonchev–Trinajstić information content (AvgIpc) is 2.80. The number of furan rings is 1. The Balaban J connectivity index is 1.67. The minimum absolute atomic E-state index is 0.475. The number of benzene rings is 1. The molecule has 0 amide bonds. The zero-order valence-corrected chi connectivity index (χ0v) is 12.0. The molecule has 0 saturated carbocycles. The molecule has 0 unspecified atom stereocenters. The van der Waals surface area contributed by atoms with Crippen LogP contribution in [0.15, 0.2) is 40.8 Å². The van der Waals surface area contributed by atoms with Crippen LogP contribution >= 0.6 is 0 Å². The highest BCUT2D eigenvalue weighted by Gasteiger charge is 2.06. The normalized spacial score (nSPS) is 10.7. The molecule has 1 aromatic heterocycles. The van der Waals surface area contributed by atoms with E-state index in [0.717, 1.165) is 29.4 Å². The van der Waals surface area contributed by atoms with Crippen LogP contribution in [-0.2, 0) is 17.9 Å². The van der Waals surface area contributed by atoms with Crippen LogP contribution in [0.25, 0.3) is 0 Å². The Morgan fingerprint density at radius 1 is 1.15 bits per heavy atom. The fourth-order valence-corrected chi connectivity index (χ4v) is 1.91. The van der Waals surface area contributed by atoms with Gasteiger partial charge in [-0.1, -0.05) is 18.2 Å². The SMILES string of the molecule is CNCc1oc(COCCOc2ccccc2)cc1C. The van der Waals surface area contributed by atoms with Crippen LogP contribution in [0.1, 0.15) is 17.1 Å². The number of hydrogen-bond acceptors (Lipinski definition) is 4. The Morgan fingerprint density at radius 3 is 2.70 bits per heavy atom. The summed E-state index contributed by atoms with van der Waals surface area (Å²) in [6.45, 7) is 4.33. The summed E-state index contributed by atoms with van der Waals surface area (Å²) in [4.78, 5) is 0. The van der Waals surface area contributed by atoms with Crippen molar-refractivity contribution < 1.29 is 13.9 Å². The Labute approximate surface area is 119 Å². The Hall–Kier alpha value is -1.78. The standard InChI is InChI=1S/C16H21NO3/c1-13-10-15(20-16(13)11-17-2)12-18-8-9-19-14-6-4-3-5-7-14/h3-7,10,17H,8-9,11-12H2,1-2H3. The van der Waals surface area contributed by atoms with Crippen molar-refractivity contribution in [2.75, 3.05) is 20.3 Å². The molecule has 0 saturated heterocycles. The summed E-state index contributed by atoms with van der Waals surface area (Å²) < 4.78 is 16.8. The van der Waals surface area contributed by atoms with Gasteiger partial charge in [-0.15, -0.1) is 0 Å². The quantitative estimate of drug-likeness (QED) is 0.752. The summed E-state index contributed by atoms with van der Waals surface area (Å²) in [7, 11) is 1.90. The van der Waals surface area contributed by atoms with Gasteiger partial charge in [-0.3, -0.25) is 0 Å². The summed E-state index contributed by atoms with van der Waals surface area (Å²) in [6, 6.07) is 11.7. The summed E-state index contributed by atoms with van der Waals surface area (Å²) in [5.74, 6) is 2.68. The smallest absolute Gasteiger partial charge is 0.130 e. The zero-order valence-electron chi connectivity index (χ0n) is 12.0. The minimum Gasteiger partial charge on any atom is -0.491 e. The molecule has 108 valence electrons. The summed E-state index contributed by atoms with van der Waals surface area (Å²) in [5, 5.41) is 3.08. The van der Waals surface area contributed by atoms with E-state index in [1.54, 1.807) is 0 Å². The first-order chi connectivity index (χ1) is 9.79. The molecule has 0 spiro atoms. The van der Waals surface area contributed by atoms with Crippen molar-refractivity contribution in [2.45, 2.75) is 20.1 Å². The van der Waals surface area contributed by atoms with E-state index in [4.69, 9.17) is 13.9 Å². The van der Waals surface area contributed by atoms with Crippen molar-refractivity contribution in [1.82, 2.24) is 5.32 Å². The van der Waals surface area contributed by atoms with Gasteiger partial charge in [-0.25, -0.2) is 0 Å². The highest BCUT2D eigenvalue weighted by atomic mass is 16.5. The number of para-hydroxylation sites is 1. The predicted molar refractivity (Wildman–Crippen MR) is 77.8 cm³/mol. The van der Waals surface area contributed by atoms with Gasteiger partial charge in [0.1, 0.15) is 30.5 Å². The summed E-state index contributed by atoms with van der Waals surface area (Å²) >= 11 is 0. The maximum absolute atomic E-state index is 5.69. The lowest BCUT2D eigenvalue weighted by Gasteiger charge is -2.05. The molecule has 2 aromatic rings. The molecule has 20 heavy (non-hydrogen) atoms. The molecule has 0 aliphatic rings. The van der Waals surface area contributed by atoms with E-state index in [-0.39, 0.29) is 0 Å². The molecule has 0 bridgehead atoms. The van der Waals surface area contributed by atoms with E-state index in [1.807, 2.05) is 50.4 Å². The lowest BCUT2D eigenvalue weighted by Crippen LogP contribution is -2.06. The second kappa shape index (κ2) is 7.72. The second-order valence-electron chi connectivity index (χ2n) is 4.56. The lowest BCUT2D eigenvalue weighted by molar-refractivity contribution is 0.0774. The predicted octanol–water partition coefficient (Wildman–Crippen LogP) is 2.90. The number of rotatable bonds is 8. The zero-order chi connectivity index (χ0) is 14.2. The van der Waals surface area contributed by atoms with Crippen LogP contribution in [0, 0.1) is 6.92 Å². The molecule has 0 aliphatic heterocycles. The van der Waals surface area contributed by atoms with Crippen LogP contribution in [0.2, 0.25) is 0 Å². The summed E-state index contributed by atoms with van der Waals surface area (Å²) in [6.07, 6.45) is 0. The van der Waals surface area contributed by atoms with Crippen LogP contribution in [-0.4, -0.2) is 20.3 Å². The lowest BCUT2D eigenvalue weighted by atomic mass is 10.2. The first-order valence-electron chi connectivity index (χ1n) is 6.78. The van der Waals surface area contributed by atoms with Crippen LogP contribution < -0.4 is 10.1 Å². The van der Waals surface area contributed by atoms with Crippen LogP contribution in [0.4, 0.5) is 0 Å². The van der Waals surface area contributed by atoms with Gasteiger partial charge < -0.3 is 19.2 Å². The van der Waals surface area contributed by atoms with Gasteiger partial charge in [0.15, 0.2) is 0 Å². The average molecular weight is 275 g/mol. The number of aryl methyl sites for hydroxylation is 1. The maximum Gasteiger partial charge on any atom is 0.130 e. The summed E-state index contributed by atoms with van der Waals surface area (Å²) in [5.41, 5.74) is 1.15. The second-order valence-corrected chi connectivity index (χ2v) is 4.56. The highest BCUT2D eigenvalue weighted by molar-refractivity contribution is 5.21. The van der Waals surface area contributed by atoms with E-state index in [1.165, 1.54) is 0 Å². The largest absolute Gasteiger partial charge is 0.491 e. The van der Waals surface area contributed by atoms with Crippen molar-refractivity contribution in [1.29, 1.82) is 0 Å². The van der Waals surface area contributed by atoms with Crippen molar-refractivity contribution >= 4 is 0 Å². The minimum atomic E-state index is 0.475. The molecular weight excluding hydrogens is 254 g/mol. The van der Waals surface area contributed by atoms with E-state index in [9.17, 15) is 0 Å². The molecule has 1 heterocycles. The third-order valence-electron chi connectivity index (χ3n) is 2.89. The van der Waals surface area contributed by atoms with Gasteiger partial charge in [-0.05, 0) is 37.7 Å². The molecule has 0 atom stereocenters. The van der Waals surface area contributed by atoms with E-state index in [2.05, 4.69) is 5.32 Å². The van der Waals surface area contributed by atoms with Gasteiger partial charge in [-0.2, -0.15) is 0 Å². The first kappa shape index (κ1) is 14.6. The van der Waals surface area contributed by atoms with Gasteiger partial charge in [0.25, 0.3) is 0 Å². The van der Waals surface area contributed by atoms with E-state index in [0.29, 0.717) is 19.8 Å². The van der Waals surface area contributed by atoms with Crippen molar-refractivity contribution in [3.05, 3.63) is 53.5 Å². The first-order valence-corrected chi connectivity index (χ1v) is 6.78. The van der Waals surface area contributed by atoms with Crippen molar-refractivity contribution in [3.8, 4) is 5.75 Å². The molecule has 4 heteroatoms. The monoisotopic (exact) mass is 275 g/mol. The molecule has 0 radical (unpaired) electrons. The molecule has 2 rings (SSSR count). The Morgan fingerprint density at radius 2 is 1.95 bits per heavy atom. The third kappa shape index (κ3) is 4.40. The van der Waals surface area contributed by atoms with Crippen LogP contribution in [0.5, 0.6) is 5.75 Å².